The van der Waals surface area contributed by atoms with Crippen molar-refractivity contribution in [3.63, 3.8) is 0 Å². The van der Waals surface area contributed by atoms with Gasteiger partial charge >= 0.3 is 0 Å². The van der Waals surface area contributed by atoms with Crippen LogP contribution in [0.1, 0.15) is 0 Å². The van der Waals surface area contributed by atoms with E-state index in [1.807, 2.05) is 67.0 Å². The van der Waals surface area contributed by atoms with E-state index < -0.39 is 144 Å². The Hall–Kier alpha value is -6.52. The smallest absolute Gasteiger partial charge is 0.229 e. The molecular formula is C39H11BClF20NO. The van der Waals surface area contributed by atoms with E-state index >= 15 is 35.1 Å². The maximum atomic E-state index is 15.4. The summed E-state index contributed by atoms with van der Waals surface area (Å²) in [5.41, 5.74) is -14.3. The quantitative estimate of drug-likeness (QED) is 0.0533. The predicted molar refractivity (Wildman–Crippen MR) is 181 cm³/mol. The lowest BCUT2D eigenvalue weighted by atomic mass is 9.12. The van der Waals surface area contributed by atoms with E-state index in [9.17, 15) is 52.7 Å². The first-order valence-corrected chi connectivity index (χ1v) is 17.0. The second-order valence-corrected chi connectivity index (χ2v) is 13.1. The molecule has 0 N–H and O–H groups in total. The van der Waals surface area contributed by atoms with Crippen molar-refractivity contribution in [2.75, 3.05) is 0 Å². The Morgan fingerprint density at radius 2 is 0.619 bits per heavy atom. The Labute approximate surface area is 341 Å². The molecule has 0 aliphatic heterocycles. The molecule has 0 spiro atoms. The van der Waals surface area contributed by atoms with Crippen molar-refractivity contribution in [2.45, 2.75) is 0 Å². The van der Waals surface area contributed by atoms with Crippen molar-refractivity contribution in [1.82, 2.24) is 0 Å². The number of rotatable bonds is 6. The van der Waals surface area contributed by atoms with Crippen molar-refractivity contribution in [1.29, 1.82) is 0 Å². The molecule has 1 heterocycles. The van der Waals surface area contributed by atoms with Gasteiger partial charge in [0.2, 0.25) is 18.1 Å². The Balaban J connectivity index is 0.000000302. The van der Waals surface area contributed by atoms with Gasteiger partial charge in [0.05, 0.1) is 5.02 Å². The lowest BCUT2D eigenvalue weighted by Crippen LogP contribution is -2.81. The maximum absolute atomic E-state index is 15.4. The highest BCUT2D eigenvalue weighted by Gasteiger charge is 2.52. The van der Waals surface area contributed by atoms with Gasteiger partial charge in [0.25, 0.3) is 0 Å². The molecule has 6 aromatic carbocycles. The topological polar surface area (TPSA) is 13.1 Å². The van der Waals surface area contributed by atoms with Gasteiger partial charge in [-0.15, -0.1) is 21.9 Å². The first-order chi connectivity index (χ1) is 29.5. The molecule has 0 saturated heterocycles. The van der Waals surface area contributed by atoms with Crippen LogP contribution in [0.25, 0.3) is 10.8 Å². The summed E-state index contributed by atoms with van der Waals surface area (Å²) in [7, 11) is 0. The minimum atomic E-state index is -7.22. The molecule has 0 aliphatic rings. The van der Waals surface area contributed by atoms with Gasteiger partial charge in [-0.25, -0.2) is 92.6 Å². The second-order valence-electron chi connectivity index (χ2n) is 12.7. The second kappa shape index (κ2) is 17.0. The summed E-state index contributed by atoms with van der Waals surface area (Å²) in [5.74, 6) is -70.7. The Morgan fingerprint density at radius 3 is 0.937 bits per heavy atom. The Bertz CT molecular complexity index is 2630. The largest absolute Gasteiger partial charge is 0.230 e. The van der Waals surface area contributed by atoms with Crippen molar-refractivity contribution < 1.29 is 97.4 Å². The fraction of sp³-hybridized carbons (Fsp3) is 0. The molecule has 0 aliphatic carbocycles. The van der Waals surface area contributed by atoms with Crippen LogP contribution in [0.5, 0.6) is 5.75 Å². The zero-order valence-electron chi connectivity index (χ0n) is 29.7. The highest BCUT2D eigenvalue weighted by molar-refractivity contribution is 7.20. The molecule has 7 rings (SSSR count). The molecular weight excluding hydrogens is 925 g/mol. The third kappa shape index (κ3) is 7.10. The molecule has 0 atom stereocenters. The molecule has 24 heteroatoms. The Morgan fingerprint density at radius 1 is 0.333 bits per heavy atom. The van der Waals surface area contributed by atoms with Crippen LogP contribution in [0.4, 0.5) is 87.8 Å². The van der Waals surface area contributed by atoms with E-state index in [4.69, 9.17) is 16.4 Å². The van der Waals surface area contributed by atoms with Crippen molar-refractivity contribution >= 4 is 50.4 Å². The fourth-order valence-electron chi connectivity index (χ4n) is 6.73. The number of hydrogen-bond donors (Lipinski definition) is 0. The van der Waals surface area contributed by atoms with Gasteiger partial charge in [-0.05, 0) is 11.5 Å². The van der Waals surface area contributed by atoms with Crippen LogP contribution in [0.15, 0.2) is 67.0 Å². The van der Waals surface area contributed by atoms with Gasteiger partial charge in [-0.1, -0.05) is 48.0 Å². The summed E-state index contributed by atoms with van der Waals surface area (Å²) in [5, 5.41) is 2.71. The van der Waals surface area contributed by atoms with E-state index in [0.717, 1.165) is 10.8 Å². The van der Waals surface area contributed by atoms with E-state index in [1.54, 1.807) is 4.73 Å². The average molecular weight is 936 g/mol. The molecule has 63 heavy (non-hydrogen) atoms. The number of aromatic nitrogens is 1. The normalized spacial score (nSPS) is 11.6. The van der Waals surface area contributed by atoms with E-state index in [2.05, 4.69) is 0 Å². The van der Waals surface area contributed by atoms with Crippen LogP contribution < -0.4 is 31.4 Å². The molecule has 7 aromatic rings. The van der Waals surface area contributed by atoms with Crippen LogP contribution in [0.3, 0.4) is 0 Å². The highest BCUT2D eigenvalue weighted by atomic mass is 35.5. The van der Waals surface area contributed by atoms with E-state index in [1.165, 1.54) is 0 Å². The first kappa shape index (κ1) is 46.0. The molecule has 0 fully saturated rings. The maximum Gasteiger partial charge on any atom is 0.230 e. The number of nitrogens with zero attached hydrogens (tertiary/aromatic N) is 1. The summed E-state index contributed by atoms with van der Waals surface area (Å²) >= 11 is 6.21. The van der Waals surface area contributed by atoms with Crippen molar-refractivity contribution in [3.8, 4) is 5.75 Å². The number of benzene rings is 6. The lowest BCUT2D eigenvalue weighted by molar-refractivity contribution is -0.874. The lowest BCUT2D eigenvalue weighted by Gasteiger charge is -2.44. The van der Waals surface area contributed by atoms with Crippen LogP contribution >= 0.6 is 11.6 Å². The average Bonchev–Trinajstić information content (AvgIpc) is 3.27. The summed E-state index contributed by atoms with van der Waals surface area (Å²) in [6, 6.07) is 17.6. The summed E-state index contributed by atoms with van der Waals surface area (Å²) in [4.78, 5) is 5.81. The van der Waals surface area contributed by atoms with Gasteiger partial charge < -0.3 is 0 Å². The van der Waals surface area contributed by atoms with Crippen molar-refractivity contribution in [3.05, 3.63) is 188 Å². The van der Waals surface area contributed by atoms with Crippen LogP contribution in [-0.4, -0.2) is 6.15 Å². The molecule has 0 unspecified atom stereocenters. The summed E-state index contributed by atoms with van der Waals surface area (Å²) in [6.07, 6.45) is -3.55. The van der Waals surface area contributed by atoms with Crippen LogP contribution in [0, 0.1) is 116 Å². The molecule has 2 nitrogen and oxygen atoms in total. The van der Waals surface area contributed by atoms with Gasteiger partial charge in [0, 0.05) is 22.2 Å². The minimum Gasteiger partial charge on any atom is -0.229 e. The van der Waals surface area contributed by atoms with Crippen LogP contribution in [-0.2, 0) is 0 Å². The van der Waals surface area contributed by atoms with Gasteiger partial charge in [0.1, 0.15) is 52.7 Å². The number of pyridine rings is 1. The van der Waals surface area contributed by atoms with Crippen molar-refractivity contribution in [2.24, 2.45) is 0 Å². The zero-order valence-corrected chi connectivity index (χ0v) is 30.5. The fourth-order valence-corrected chi connectivity index (χ4v) is 6.93. The Kier molecular flexibility index (Phi) is 12.4. The standard InChI is InChI=1S/C24BF20.C15H11ClNO/c26-5-1(6(27)14(35)21(42)13(5)34)25(2-7(28)15(36)22(43)16(37)8(2)29,3-9(30)17(38)23(44)18(39)10(3)31)4-11(32)19(40)24(45)20(41)12(4)33;16-14-9-8-12-6-2-3-7-13(12)15(14)18-17-10-4-1-5-11-17/h;1-11H/q-1;+1. The first-order valence-electron chi connectivity index (χ1n) is 16.6. The third-order valence-corrected chi connectivity index (χ3v) is 9.72. The molecule has 0 bridgehead atoms. The highest BCUT2D eigenvalue weighted by Crippen LogP contribution is 2.33. The zero-order chi connectivity index (χ0) is 46.7. The number of halogens is 21. The summed E-state index contributed by atoms with van der Waals surface area (Å²) < 4.78 is 296. The van der Waals surface area contributed by atoms with E-state index in [-0.39, 0.29) is 0 Å². The molecule has 0 radical (unpaired) electrons. The van der Waals surface area contributed by atoms with E-state index in [0.29, 0.717) is 10.8 Å². The van der Waals surface area contributed by atoms with Gasteiger partial charge in [-0.2, -0.15) is 0 Å². The monoisotopic (exact) mass is 935 g/mol. The summed E-state index contributed by atoms with van der Waals surface area (Å²) in [6.45, 7) is 0. The predicted octanol–water partition coefficient (Wildman–Crippen LogP) is 9.47. The molecule has 1 aromatic heterocycles. The van der Waals surface area contributed by atoms with Gasteiger partial charge in [-0.3, -0.25) is 0 Å². The number of hydrogen-bond acceptors (Lipinski definition) is 1. The molecule has 0 saturated carbocycles. The third-order valence-electron chi connectivity index (χ3n) is 9.42. The molecule has 0 amide bonds. The minimum absolute atomic E-state index is 0.602. The van der Waals surface area contributed by atoms with Crippen LogP contribution in [0.2, 0.25) is 5.02 Å². The van der Waals surface area contributed by atoms with Gasteiger partial charge in [0.15, 0.2) is 69.8 Å². The number of fused-ring (bicyclic) bond motifs is 1. The molecule has 328 valence electrons. The SMILES string of the molecule is Clc1ccc2ccccc2c1O[n+]1ccccc1.Fc1c(F)c(F)c([B-](c2c(F)c(F)c(F)c(F)c2F)(c2c(F)c(F)c(F)c(F)c2F)c2c(F)c(F)c(F)c(F)c2F)c(F)c1F.